The van der Waals surface area contributed by atoms with Gasteiger partial charge in [0, 0.05) is 0 Å². The molecule has 0 amide bonds. The minimum atomic E-state index is -0.135. The Morgan fingerprint density at radius 1 is 1.56 bits per heavy atom. The second kappa shape index (κ2) is 4.19. The summed E-state index contributed by atoms with van der Waals surface area (Å²) in [5.74, 6) is 0.390. The smallest absolute Gasteiger partial charge is 0.180 e. The van der Waals surface area contributed by atoms with E-state index in [9.17, 15) is 4.79 Å². The number of hydrogen-bond donors (Lipinski definition) is 1. The molecule has 2 rings (SSSR count). The van der Waals surface area contributed by atoms with Crippen LogP contribution in [0.1, 0.15) is 15.4 Å². The van der Waals surface area contributed by atoms with Gasteiger partial charge in [-0.3, -0.25) is 4.79 Å². The molecule has 0 aliphatic rings. The van der Waals surface area contributed by atoms with Crippen LogP contribution >= 0.6 is 11.3 Å². The molecule has 0 fully saturated rings. The van der Waals surface area contributed by atoms with Crippen molar-refractivity contribution < 1.29 is 9.53 Å². The Bertz CT molecular complexity index is 548. The van der Waals surface area contributed by atoms with Gasteiger partial charge in [-0.25, -0.2) is 4.98 Å². The normalized spacial score (nSPS) is 10.7. The number of hydrogen-bond acceptors (Lipinski definition) is 5. The zero-order valence-corrected chi connectivity index (χ0v) is 9.93. The number of ketones is 1. The molecule has 0 unspecified atom stereocenters. The van der Waals surface area contributed by atoms with Crippen LogP contribution in [0.25, 0.3) is 10.2 Å². The van der Waals surface area contributed by atoms with Gasteiger partial charge < -0.3 is 10.5 Å². The molecule has 5 heteroatoms. The summed E-state index contributed by atoms with van der Waals surface area (Å²) >= 11 is 1.58. The predicted octanol–water partition coefficient (Wildman–Crippen LogP) is 1.75. The molecule has 2 aromatic rings. The van der Waals surface area contributed by atoms with E-state index in [4.69, 9.17) is 10.5 Å². The van der Waals surface area contributed by atoms with Crippen LogP contribution in [-0.2, 0) is 0 Å². The molecule has 0 saturated heterocycles. The first kappa shape index (κ1) is 11.0. The highest BCUT2D eigenvalue weighted by molar-refractivity contribution is 7.18. The van der Waals surface area contributed by atoms with Gasteiger partial charge in [0.05, 0.1) is 28.9 Å². The van der Waals surface area contributed by atoms with Gasteiger partial charge in [-0.15, -0.1) is 11.3 Å². The number of rotatable bonds is 3. The summed E-state index contributed by atoms with van der Waals surface area (Å²) in [6.45, 7) is 1.90. The second-order valence-electron chi connectivity index (χ2n) is 3.35. The summed E-state index contributed by atoms with van der Waals surface area (Å²) in [6, 6.07) is 3.62. The van der Waals surface area contributed by atoms with Crippen molar-refractivity contribution in [3.8, 4) is 5.75 Å². The number of ether oxygens (including phenoxy) is 1. The van der Waals surface area contributed by atoms with E-state index in [-0.39, 0.29) is 12.3 Å². The number of nitrogens with zero attached hydrogens (tertiary/aromatic N) is 1. The van der Waals surface area contributed by atoms with Gasteiger partial charge in [-0.2, -0.15) is 0 Å². The maximum atomic E-state index is 11.6. The first-order valence-electron chi connectivity index (χ1n) is 4.84. The number of benzene rings is 1. The number of nitrogens with two attached hydrogens (primary N) is 1. The summed E-state index contributed by atoms with van der Waals surface area (Å²) in [5.41, 5.74) is 6.60. The van der Waals surface area contributed by atoms with Crippen molar-refractivity contribution in [2.45, 2.75) is 6.92 Å². The van der Waals surface area contributed by atoms with Crippen LogP contribution in [0.2, 0.25) is 0 Å². The minimum absolute atomic E-state index is 0.0228. The third kappa shape index (κ3) is 1.68. The highest BCUT2D eigenvalue weighted by Gasteiger charge is 2.16. The average Bonchev–Trinajstić information content (AvgIpc) is 2.66. The maximum absolute atomic E-state index is 11.6. The fraction of sp³-hybridized carbons (Fsp3) is 0.273. The zero-order chi connectivity index (χ0) is 11.7. The Kier molecular flexibility index (Phi) is 2.89. The number of fused-ring (bicyclic) bond motifs is 1. The van der Waals surface area contributed by atoms with Gasteiger partial charge in [0.1, 0.15) is 5.52 Å². The number of aromatic nitrogens is 1. The highest BCUT2D eigenvalue weighted by Crippen LogP contribution is 2.32. The number of Topliss-reactive ketones (excluding diaryl/α,β-unsaturated/α-hetero) is 1. The predicted molar refractivity (Wildman–Crippen MR) is 64.3 cm³/mol. The van der Waals surface area contributed by atoms with Crippen molar-refractivity contribution in [2.24, 2.45) is 5.73 Å². The number of methoxy groups -OCH3 is 1. The molecular formula is C11H12N2O2S. The molecule has 0 aliphatic carbocycles. The summed E-state index contributed by atoms with van der Waals surface area (Å²) in [4.78, 5) is 16.0. The van der Waals surface area contributed by atoms with E-state index in [0.29, 0.717) is 11.3 Å². The quantitative estimate of drug-likeness (QED) is 0.825. The van der Waals surface area contributed by atoms with Crippen molar-refractivity contribution >= 4 is 27.3 Å². The Balaban J connectivity index is 2.71. The van der Waals surface area contributed by atoms with E-state index in [1.807, 2.05) is 13.0 Å². The van der Waals surface area contributed by atoms with Crippen LogP contribution in [0, 0.1) is 6.92 Å². The molecule has 1 aromatic heterocycles. The third-order valence-corrected chi connectivity index (χ3v) is 3.25. The van der Waals surface area contributed by atoms with Gasteiger partial charge >= 0.3 is 0 Å². The zero-order valence-electron chi connectivity index (χ0n) is 9.11. The molecule has 0 spiro atoms. The number of carbonyl (C=O) groups is 1. The van der Waals surface area contributed by atoms with Gasteiger partial charge in [-0.1, -0.05) is 0 Å². The Morgan fingerprint density at radius 2 is 2.31 bits per heavy atom. The van der Waals surface area contributed by atoms with Crippen molar-refractivity contribution in [3.63, 3.8) is 0 Å². The second-order valence-corrected chi connectivity index (χ2v) is 4.59. The lowest BCUT2D eigenvalue weighted by molar-refractivity contribution is 0.0998. The van der Waals surface area contributed by atoms with Gasteiger partial charge in [0.25, 0.3) is 0 Å². The van der Waals surface area contributed by atoms with Crippen LogP contribution in [-0.4, -0.2) is 24.4 Å². The molecule has 16 heavy (non-hydrogen) atoms. The largest absolute Gasteiger partial charge is 0.494 e. The van der Waals surface area contributed by atoms with E-state index in [0.717, 1.165) is 15.2 Å². The van der Waals surface area contributed by atoms with Crippen molar-refractivity contribution in [1.82, 2.24) is 4.98 Å². The Hall–Kier alpha value is -1.46. The molecule has 1 heterocycles. The van der Waals surface area contributed by atoms with Crippen LogP contribution in [0.4, 0.5) is 0 Å². The summed E-state index contributed by atoms with van der Waals surface area (Å²) in [6.07, 6.45) is 0. The van der Waals surface area contributed by atoms with E-state index in [1.54, 1.807) is 17.4 Å². The fourth-order valence-electron chi connectivity index (χ4n) is 1.62. The van der Waals surface area contributed by atoms with E-state index >= 15 is 0 Å². The average molecular weight is 236 g/mol. The Morgan fingerprint density at radius 3 is 2.94 bits per heavy atom. The molecule has 0 aliphatic heterocycles. The molecule has 1 aromatic carbocycles. The van der Waals surface area contributed by atoms with Gasteiger partial charge in [0.2, 0.25) is 0 Å². The fourth-order valence-corrected chi connectivity index (χ4v) is 2.44. The van der Waals surface area contributed by atoms with E-state index in [2.05, 4.69) is 4.98 Å². The standard InChI is InChI=1S/C11H12N2O2S/c1-6-13-10-9(16-6)4-3-7(8(14)5-12)11(10)15-2/h3-4H,5,12H2,1-2H3. The molecule has 84 valence electrons. The van der Waals surface area contributed by atoms with E-state index < -0.39 is 0 Å². The molecular weight excluding hydrogens is 224 g/mol. The lowest BCUT2D eigenvalue weighted by Crippen LogP contribution is -2.14. The number of thiazole rings is 1. The van der Waals surface area contributed by atoms with Crippen LogP contribution < -0.4 is 10.5 Å². The minimum Gasteiger partial charge on any atom is -0.494 e. The van der Waals surface area contributed by atoms with Crippen LogP contribution in [0.3, 0.4) is 0 Å². The van der Waals surface area contributed by atoms with E-state index in [1.165, 1.54) is 7.11 Å². The van der Waals surface area contributed by atoms with Crippen LogP contribution in [0.15, 0.2) is 12.1 Å². The molecule has 4 nitrogen and oxygen atoms in total. The van der Waals surface area contributed by atoms with Crippen molar-refractivity contribution in [2.75, 3.05) is 13.7 Å². The van der Waals surface area contributed by atoms with Crippen molar-refractivity contribution in [1.29, 1.82) is 0 Å². The first-order chi connectivity index (χ1) is 7.67. The van der Waals surface area contributed by atoms with Gasteiger partial charge in [-0.05, 0) is 19.1 Å². The first-order valence-corrected chi connectivity index (χ1v) is 5.66. The molecule has 0 saturated carbocycles. The lowest BCUT2D eigenvalue weighted by atomic mass is 10.1. The molecule has 0 bridgehead atoms. The van der Waals surface area contributed by atoms with Crippen molar-refractivity contribution in [3.05, 3.63) is 22.7 Å². The summed E-state index contributed by atoms with van der Waals surface area (Å²) < 4.78 is 6.28. The number of carbonyl (C=O) groups excluding carboxylic acids is 1. The monoisotopic (exact) mass is 236 g/mol. The topological polar surface area (TPSA) is 65.2 Å². The van der Waals surface area contributed by atoms with Crippen LogP contribution in [0.5, 0.6) is 5.75 Å². The van der Waals surface area contributed by atoms with Gasteiger partial charge in [0.15, 0.2) is 11.5 Å². The highest BCUT2D eigenvalue weighted by atomic mass is 32.1. The molecule has 0 radical (unpaired) electrons. The maximum Gasteiger partial charge on any atom is 0.180 e. The lowest BCUT2D eigenvalue weighted by Gasteiger charge is -2.06. The molecule has 0 atom stereocenters. The summed E-state index contributed by atoms with van der Waals surface area (Å²) in [7, 11) is 1.54. The molecule has 2 N–H and O–H groups in total. The third-order valence-electron chi connectivity index (χ3n) is 2.31. The summed E-state index contributed by atoms with van der Waals surface area (Å²) in [5, 5.41) is 0.950. The SMILES string of the molecule is COc1c(C(=O)CN)ccc2sc(C)nc12. The Labute approximate surface area is 97.0 Å². The number of aryl methyl sites for hydroxylation is 1.